The first-order valence-corrected chi connectivity index (χ1v) is 11.2. The zero-order valence-electron chi connectivity index (χ0n) is 17.0. The molecule has 30 heavy (non-hydrogen) atoms. The SMILES string of the molecule is CCCCC(COC(=O)c1ccccc1)C(=O)c1ccc2sc3ccccc3c2c1. The van der Waals surface area contributed by atoms with Crippen LogP contribution in [0.25, 0.3) is 20.2 Å². The predicted molar refractivity (Wildman–Crippen MR) is 123 cm³/mol. The van der Waals surface area contributed by atoms with E-state index < -0.39 is 0 Å². The molecule has 152 valence electrons. The fraction of sp³-hybridized carbons (Fsp3) is 0.231. The number of fused-ring (bicyclic) bond motifs is 3. The lowest BCUT2D eigenvalue weighted by Crippen LogP contribution is -2.22. The number of carbonyl (C=O) groups is 2. The summed E-state index contributed by atoms with van der Waals surface area (Å²) in [5, 5.41) is 2.28. The van der Waals surface area contributed by atoms with Gasteiger partial charge in [-0.15, -0.1) is 11.3 Å². The minimum Gasteiger partial charge on any atom is -0.461 e. The molecule has 0 spiro atoms. The zero-order valence-corrected chi connectivity index (χ0v) is 17.8. The van der Waals surface area contributed by atoms with Crippen molar-refractivity contribution in [2.75, 3.05) is 6.61 Å². The Morgan fingerprint density at radius 3 is 2.40 bits per heavy atom. The van der Waals surface area contributed by atoms with E-state index in [0.29, 0.717) is 17.5 Å². The van der Waals surface area contributed by atoms with Crippen molar-refractivity contribution in [2.45, 2.75) is 26.2 Å². The van der Waals surface area contributed by atoms with Crippen LogP contribution in [0.5, 0.6) is 0 Å². The largest absolute Gasteiger partial charge is 0.461 e. The summed E-state index contributed by atoms with van der Waals surface area (Å²) in [6, 6.07) is 23.1. The number of ether oxygens (including phenoxy) is 1. The van der Waals surface area contributed by atoms with Crippen LogP contribution in [-0.2, 0) is 4.74 Å². The van der Waals surface area contributed by atoms with Crippen molar-refractivity contribution in [1.29, 1.82) is 0 Å². The summed E-state index contributed by atoms with van der Waals surface area (Å²) in [7, 11) is 0. The van der Waals surface area contributed by atoms with Gasteiger partial charge in [-0.25, -0.2) is 4.79 Å². The molecule has 0 fully saturated rings. The number of thiophene rings is 1. The van der Waals surface area contributed by atoms with Gasteiger partial charge in [-0.3, -0.25) is 4.79 Å². The van der Waals surface area contributed by atoms with E-state index in [-0.39, 0.29) is 24.3 Å². The maximum Gasteiger partial charge on any atom is 0.338 e. The summed E-state index contributed by atoms with van der Waals surface area (Å²) >= 11 is 1.74. The molecule has 0 saturated heterocycles. The second kappa shape index (κ2) is 9.23. The van der Waals surface area contributed by atoms with Crippen molar-refractivity contribution in [3.63, 3.8) is 0 Å². The first-order valence-electron chi connectivity index (χ1n) is 10.3. The molecule has 0 bridgehead atoms. The van der Waals surface area contributed by atoms with Crippen LogP contribution in [0.4, 0.5) is 0 Å². The molecule has 1 aromatic heterocycles. The molecular weight excluding hydrogens is 392 g/mol. The third-order valence-corrected chi connectivity index (χ3v) is 6.52. The highest BCUT2D eigenvalue weighted by molar-refractivity contribution is 7.25. The predicted octanol–water partition coefficient (Wildman–Crippen LogP) is 6.90. The fourth-order valence-corrected chi connectivity index (χ4v) is 4.78. The van der Waals surface area contributed by atoms with E-state index in [9.17, 15) is 9.59 Å². The molecule has 0 radical (unpaired) electrons. The Morgan fingerprint density at radius 2 is 1.60 bits per heavy atom. The van der Waals surface area contributed by atoms with Gasteiger partial charge in [0.25, 0.3) is 0 Å². The number of hydrogen-bond donors (Lipinski definition) is 0. The molecule has 0 aliphatic rings. The van der Waals surface area contributed by atoms with E-state index in [1.165, 1.54) is 14.8 Å². The van der Waals surface area contributed by atoms with Crippen LogP contribution in [0.2, 0.25) is 0 Å². The summed E-state index contributed by atoms with van der Waals surface area (Å²) in [6.45, 7) is 2.20. The average molecular weight is 417 g/mol. The summed E-state index contributed by atoms with van der Waals surface area (Å²) in [5.74, 6) is -0.675. The third-order valence-electron chi connectivity index (χ3n) is 5.36. The Bertz CT molecular complexity index is 1180. The fourth-order valence-electron chi connectivity index (χ4n) is 3.69. The molecule has 0 saturated carbocycles. The molecule has 1 heterocycles. The van der Waals surface area contributed by atoms with E-state index >= 15 is 0 Å². The van der Waals surface area contributed by atoms with Crippen molar-refractivity contribution in [3.05, 3.63) is 83.9 Å². The molecule has 1 atom stereocenters. The van der Waals surface area contributed by atoms with Crippen molar-refractivity contribution >= 4 is 43.3 Å². The number of unbranched alkanes of at least 4 members (excludes halogenated alkanes) is 1. The maximum absolute atomic E-state index is 13.3. The lowest BCUT2D eigenvalue weighted by atomic mass is 9.92. The Labute approximate surface area is 180 Å². The van der Waals surface area contributed by atoms with Gasteiger partial charge in [-0.1, -0.05) is 56.2 Å². The van der Waals surface area contributed by atoms with Gasteiger partial charge in [0.05, 0.1) is 11.5 Å². The van der Waals surface area contributed by atoms with E-state index in [0.717, 1.165) is 18.2 Å². The zero-order chi connectivity index (χ0) is 20.9. The monoisotopic (exact) mass is 416 g/mol. The number of benzene rings is 3. The van der Waals surface area contributed by atoms with E-state index in [4.69, 9.17) is 4.74 Å². The molecule has 4 rings (SSSR count). The average Bonchev–Trinajstić information content (AvgIpc) is 3.17. The van der Waals surface area contributed by atoms with Crippen molar-refractivity contribution in [1.82, 2.24) is 0 Å². The molecule has 4 heteroatoms. The van der Waals surface area contributed by atoms with Crippen LogP contribution in [0.3, 0.4) is 0 Å². The van der Waals surface area contributed by atoms with E-state index in [1.54, 1.807) is 35.6 Å². The van der Waals surface area contributed by atoms with Crippen LogP contribution in [0, 0.1) is 5.92 Å². The first-order chi connectivity index (χ1) is 14.7. The van der Waals surface area contributed by atoms with Crippen LogP contribution in [-0.4, -0.2) is 18.4 Å². The van der Waals surface area contributed by atoms with E-state index in [1.807, 2.05) is 36.4 Å². The standard InChI is InChI=1S/C26H24O3S/c1-2-3-9-20(17-29-26(28)18-10-5-4-6-11-18)25(27)19-14-15-24-22(16-19)21-12-7-8-13-23(21)30-24/h4-8,10-16,20H,2-3,9,17H2,1H3. The number of Topliss-reactive ketones (excluding diaryl/α,β-unsaturated/α-hetero) is 1. The second-order valence-electron chi connectivity index (χ2n) is 7.48. The number of ketones is 1. The Morgan fingerprint density at radius 1 is 0.867 bits per heavy atom. The molecule has 0 aliphatic carbocycles. The highest BCUT2D eigenvalue weighted by Crippen LogP contribution is 2.34. The van der Waals surface area contributed by atoms with Crippen molar-refractivity contribution in [2.24, 2.45) is 5.92 Å². The lowest BCUT2D eigenvalue weighted by Gasteiger charge is -2.16. The second-order valence-corrected chi connectivity index (χ2v) is 8.56. The van der Waals surface area contributed by atoms with Crippen LogP contribution in [0.15, 0.2) is 72.8 Å². The summed E-state index contributed by atoms with van der Waals surface area (Å²) < 4.78 is 7.91. The normalized spacial score (nSPS) is 12.2. The molecule has 0 amide bonds. The highest BCUT2D eigenvalue weighted by atomic mass is 32.1. The minimum absolute atomic E-state index is 0.0430. The van der Waals surface area contributed by atoms with Crippen LogP contribution in [0.1, 0.15) is 46.9 Å². The summed E-state index contributed by atoms with van der Waals surface area (Å²) in [6.07, 6.45) is 2.62. The van der Waals surface area contributed by atoms with Gasteiger partial charge in [0, 0.05) is 25.7 Å². The molecule has 1 unspecified atom stereocenters. The first kappa shape index (κ1) is 20.3. The Balaban J connectivity index is 1.56. The molecule has 0 N–H and O–H groups in total. The number of carbonyl (C=O) groups excluding carboxylic acids is 2. The van der Waals surface area contributed by atoms with Crippen LogP contribution < -0.4 is 0 Å². The molecule has 0 aliphatic heterocycles. The maximum atomic E-state index is 13.3. The van der Waals surface area contributed by atoms with Gasteiger partial charge in [-0.2, -0.15) is 0 Å². The molecule has 3 nitrogen and oxygen atoms in total. The summed E-state index contributed by atoms with van der Waals surface area (Å²) in [5.41, 5.74) is 1.19. The van der Waals surface area contributed by atoms with Crippen LogP contribution >= 0.6 is 11.3 Å². The van der Waals surface area contributed by atoms with Gasteiger partial charge in [0.2, 0.25) is 0 Å². The number of esters is 1. The Kier molecular flexibility index (Phi) is 6.24. The van der Waals surface area contributed by atoms with Gasteiger partial charge in [0.1, 0.15) is 6.61 Å². The van der Waals surface area contributed by atoms with Crippen molar-refractivity contribution in [3.8, 4) is 0 Å². The van der Waals surface area contributed by atoms with E-state index in [2.05, 4.69) is 19.1 Å². The molecule has 4 aromatic rings. The van der Waals surface area contributed by atoms with Crippen molar-refractivity contribution < 1.29 is 14.3 Å². The van der Waals surface area contributed by atoms with Gasteiger partial charge >= 0.3 is 5.97 Å². The number of rotatable bonds is 8. The summed E-state index contributed by atoms with van der Waals surface area (Å²) in [4.78, 5) is 25.6. The number of hydrogen-bond acceptors (Lipinski definition) is 4. The third kappa shape index (κ3) is 4.29. The molecular formula is C26H24O3S. The van der Waals surface area contributed by atoms with Gasteiger partial charge < -0.3 is 4.74 Å². The molecule has 3 aromatic carbocycles. The minimum atomic E-state index is -0.385. The quantitative estimate of drug-likeness (QED) is 0.232. The van der Waals surface area contributed by atoms with Gasteiger partial charge in [-0.05, 0) is 42.8 Å². The topological polar surface area (TPSA) is 43.4 Å². The van der Waals surface area contributed by atoms with Gasteiger partial charge in [0.15, 0.2) is 5.78 Å². The highest BCUT2D eigenvalue weighted by Gasteiger charge is 2.22. The Hall–Kier alpha value is -2.98. The lowest BCUT2D eigenvalue weighted by molar-refractivity contribution is 0.0422. The smallest absolute Gasteiger partial charge is 0.338 e.